The molecule has 148 valence electrons. The van der Waals surface area contributed by atoms with Gasteiger partial charge in [-0.25, -0.2) is 0 Å². The Balaban J connectivity index is 1.79. The zero-order valence-electron chi connectivity index (χ0n) is 16.4. The highest BCUT2D eigenvalue weighted by molar-refractivity contribution is 7.22. The number of halogens is 1. The van der Waals surface area contributed by atoms with Gasteiger partial charge in [0.05, 0.1) is 10.4 Å². The molecule has 0 fully saturated rings. The van der Waals surface area contributed by atoms with Crippen molar-refractivity contribution in [2.24, 2.45) is 5.92 Å². The Morgan fingerprint density at radius 3 is 2.66 bits per heavy atom. The quantitative estimate of drug-likeness (QED) is 0.343. The topological polar surface area (TPSA) is 58.6 Å². The summed E-state index contributed by atoms with van der Waals surface area (Å²) in [5.74, 6) is 0.539. The van der Waals surface area contributed by atoms with Crippen LogP contribution >= 0.6 is 22.9 Å². The Hall–Kier alpha value is -2.50. The third-order valence-electron chi connectivity index (χ3n) is 4.90. The Bertz CT molecular complexity index is 1130. The van der Waals surface area contributed by atoms with Crippen LogP contribution in [0.25, 0.3) is 20.5 Å². The molecule has 0 aliphatic carbocycles. The summed E-state index contributed by atoms with van der Waals surface area (Å²) in [7, 11) is 0. The Morgan fingerprint density at radius 1 is 1.17 bits per heavy atom. The van der Waals surface area contributed by atoms with Crippen molar-refractivity contribution in [2.45, 2.75) is 33.1 Å². The number of nitrogens with one attached hydrogen (secondary N) is 1. The number of nitrogens with zero attached hydrogens (tertiary/aromatic N) is 2. The maximum absolute atomic E-state index is 12.9. The van der Waals surface area contributed by atoms with Crippen molar-refractivity contribution in [3.63, 3.8) is 0 Å². The second kappa shape index (κ2) is 8.47. The minimum absolute atomic E-state index is 0.0638. The van der Waals surface area contributed by atoms with Crippen molar-refractivity contribution in [3.05, 3.63) is 70.8 Å². The fourth-order valence-corrected chi connectivity index (χ4v) is 4.57. The molecule has 0 aliphatic heterocycles. The van der Waals surface area contributed by atoms with Crippen LogP contribution in [0, 0.1) is 5.92 Å². The number of fused-ring (bicyclic) bond motifs is 1. The number of H-pyrrole nitrogens is 1. The second-order valence-corrected chi connectivity index (χ2v) is 9.10. The van der Waals surface area contributed by atoms with Crippen molar-refractivity contribution >= 4 is 38.8 Å². The van der Waals surface area contributed by atoms with Crippen LogP contribution < -0.4 is 0 Å². The fourth-order valence-electron chi connectivity index (χ4n) is 3.26. The highest BCUT2D eigenvalue weighted by Gasteiger charge is 2.19. The molecule has 3 aromatic heterocycles. The van der Waals surface area contributed by atoms with Gasteiger partial charge in [-0.2, -0.15) is 5.10 Å². The molecule has 0 saturated carbocycles. The zero-order chi connectivity index (χ0) is 20.4. The molecule has 29 heavy (non-hydrogen) atoms. The summed E-state index contributed by atoms with van der Waals surface area (Å²) in [5.41, 5.74) is 3.59. The molecule has 1 aromatic carbocycles. The molecule has 0 aliphatic rings. The minimum atomic E-state index is 0.0638. The Kier molecular flexibility index (Phi) is 5.79. The van der Waals surface area contributed by atoms with E-state index >= 15 is 0 Å². The molecule has 1 N–H and O–H groups in total. The molecule has 0 atom stereocenters. The number of aromatic nitrogens is 3. The predicted octanol–water partition coefficient (Wildman–Crippen LogP) is 6.55. The van der Waals surface area contributed by atoms with Crippen molar-refractivity contribution in [3.8, 4) is 10.4 Å². The molecule has 0 amide bonds. The lowest BCUT2D eigenvalue weighted by Crippen LogP contribution is -2.07. The zero-order valence-corrected chi connectivity index (χ0v) is 18.0. The first-order valence-corrected chi connectivity index (χ1v) is 10.9. The van der Waals surface area contributed by atoms with E-state index in [1.54, 1.807) is 11.3 Å². The van der Waals surface area contributed by atoms with Crippen LogP contribution in [-0.2, 0) is 6.42 Å². The van der Waals surface area contributed by atoms with Crippen LogP contribution in [0.4, 0.5) is 0 Å². The van der Waals surface area contributed by atoms with Gasteiger partial charge in [0.2, 0.25) is 0 Å². The number of hydrogen-bond donors (Lipinski definition) is 1. The number of ketones is 1. The summed E-state index contributed by atoms with van der Waals surface area (Å²) in [5, 5.41) is 10.5. The average Bonchev–Trinajstić information content (AvgIpc) is 3.37. The molecular weight excluding hydrogens is 402 g/mol. The van der Waals surface area contributed by atoms with Crippen LogP contribution in [0.2, 0.25) is 5.02 Å². The lowest BCUT2D eigenvalue weighted by atomic mass is 10.0. The third kappa shape index (κ3) is 4.41. The third-order valence-corrected chi connectivity index (χ3v) is 6.35. The normalized spacial score (nSPS) is 11.4. The molecule has 6 heteroatoms. The highest BCUT2D eigenvalue weighted by atomic mass is 35.5. The van der Waals surface area contributed by atoms with E-state index in [9.17, 15) is 4.79 Å². The summed E-state index contributed by atoms with van der Waals surface area (Å²) >= 11 is 7.64. The first-order valence-electron chi connectivity index (χ1n) is 9.71. The maximum atomic E-state index is 12.9. The lowest BCUT2D eigenvalue weighted by Gasteiger charge is -2.06. The summed E-state index contributed by atoms with van der Waals surface area (Å²) in [4.78, 5) is 17.0. The SMILES string of the molecule is CC(C)CCC(=O)c1nnc(Cc2cc[nH]c2)c2cc(-c3ccc(Cl)cc3)sc12. The summed E-state index contributed by atoms with van der Waals surface area (Å²) < 4.78 is 0.921. The molecule has 4 nitrogen and oxygen atoms in total. The van der Waals surface area contributed by atoms with Crippen molar-refractivity contribution in [2.75, 3.05) is 0 Å². The number of aromatic amines is 1. The van der Waals surface area contributed by atoms with Crippen molar-refractivity contribution in [1.82, 2.24) is 15.2 Å². The second-order valence-electron chi connectivity index (χ2n) is 7.61. The van der Waals surface area contributed by atoms with Gasteiger partial charge >= 0.3 is 0 Å². The number of carbonyl (C=O) groups excluding carboxylic acids is 1. The monoisotopic (exact) mass is 423 g/mol. The number of benzene rings is 1. The van der Waals surface area contributed by atoms with Crippen LogP contribution in [0.1, 0.15) is 48.4 Å². The maximum Gasteiger partial charge on any atom is 0.184 e. The van der Waals surface area contributed by atoms with Gasteiger partial charge < -0.3 is 4.98 Å². The number of hydrogen-bond acceptors (Lipinski definition) is 4. The van der Waals surface area contributed by atoms with E-state index in [2.05, 4.69) is 35.1 Å². The van der Waals surface area contributed by atoms with Crippen LogP contribution in [-0.4, -0.2) is 21.0 Å². The summed E-state index contributed by atoms with van der Waals surface area (Å²) in [6.45, 7) is 4.25. The molecular formula is C23H22ClN3OS. The van der Waals surface area contributed by atoms with Gasteiger partial charge in [0.1, 0.15) is 5.69 Å². The van der Waals surface area contributed by atoms with Gasteiger partial charge in [-0.15, -0.1) is 16.4 Å². The summed E-state index contributed by atoms with van der Waals surface area (Å²) in [6.07, 6.45) is 5.87. The van der Waals surface area contributed by atoms with E-state index in [0.29, 0.717) is 29.5 Å². The smallest absolute Gasteiger partial charge is 0.184 e. The van der Waals surface area contributed by atoms with Crippen molar-refractivity contribution < 1.29 is 4.79 Å². The molecule has 0 bridgehead atoms. The van der Waals surface area contributed by atoms with E-state index in [1.807, 2.05) is 42.7 Å². The van der Waals surface area contributed by atoms with Gasteiger partial charge in [-0.3, -0.25) is 4.79 Å². The number of carbonyl (C=O) groups is 1. The Labute approximate surface area is 179 Å². The molecule has 0 saturated heterocycles. The van der Waals surface area contributed by atoms with Gasteiger partial charge in [0.15, 0.2) is 5.78 Å². The van der Waals surface area contributed by atoms with Gasteiger partial charge in [-0.1, -0.05) is 37.6 Å². The Morgan fingerprint density at radius 2 is 1.97 bits per heavy atom. The lowest BCUT2D eigenvalue weighted by molar-refractivity contribution is 0.0971. The van der Waals surface area contributed by atoms with E-state index in [0.717, 1.165) is 38.2 Å². The highest BCUT2D eigenvalue weighted by Crippen LogP contribution is 2.37. The van der Waals surface area contributed by atoms with Gasteiger partial charge in [-0.05, 0) is 47.7 Å². The molecule has 0 spiro atoms. The standard InChI is InChI=1S/C23H22ClN3OS/c1-14(2)3-8-20(28)22-23-18(19(26-27-22)11-15-9-10-25-13-15)12-21(29-23)16-4-6-17(24)7-5-16/h4-7,9-10,12-14,25H,3,8,11H2,1-2H3. The average molecular weight is 424 g/mol. The van der Waals surface area contributed by atoms with Crippen LogP contribution in [0.5, 0.6) is 0 Å². The van der Waals surface area contributed by atoms with E-state index in [1.165, 1.54) is 0 Å². The number of thiophene rings is 1. The molecule has 0 radical (unpaired) electrons. The minimum Gasteiger partial charge on any atom is -0.367 e. The molecule has 4 aromatic rings. The van der Waals surface area contributed by atoms with Crippen LogP contribution in [0.15, 0.2) is 48.8 Å². The van der Waals surface area contributed by atoms with Crippen molar-refractivity contribution in [1.29, 1.82) is 0 Å². The first kappa shape index (κ1) is 19.8. The largest absolute Gasteiger partial charge is 0.367 e. The number of rotatable bonds is 7. The molecule has 3 heterocycles. The predicted molar refractivity (Wildman–Crippen MR) is 120 cm³/mol. The van der Waals surface area contributed by atoms with Gasteiger partial charge in [0, 0.05) is 40.5 Å². The van der Waals surface area contributed by atoms with E-state index in [-0.39, 0.29) is 5.78 Å². The number of Topliss-reactive ketones (excluding diaryl/α,β-unsaturated/α-hetero) is 1. The van der Waals surface area contributed by atoms with Gasteiger partial charge in [0.25, 0.3) is 0 Å². The van der Waals surface area contributed by atoms with E-state index in [4.69, 9.17) is 11.6 Å². The molecule has 0 unspecified atom stereocenters. The first-order chi connectivity index (χ1) is 14.0. The van der Waals surface area contributed by atoms with Crippen LogP contribution in [0.3, 0.4) is 0 Å². The van der Waals surface area contributed by atoms with E-state index < -0.39 is 0 Å². The summed E-state index contributed by atoms with van der Waals surface area (Å²) in [6, 6.07) is 11.9. The molecule has 4 rings (SSSR count). The fraction of sp³-hybridized carbons (Fsp3) is 0.261.